The molecular formula is C19H20N8. The van der Waals surface area contributed by atoms with Gasteiger partial charge in [-0.3, -0.25) is 0 Å². The van der Waals surface area contributed by atoms with Crippen molar-refractivity contribution >= 4 is 0 Å². The molecular weight excluding hydrogens is 340 g/mol. The van der Waals surface area contributed by atoms with E-state index in [2.05, 4.69) is 32.3 Å². The van der Waals surface area contributed by atoms with Gasteiger partial charge in [-0.05, 0) is 44.4 Å². The van der Waals surface area contributed by atoms with Crippen LogP contribution in [0.2, 0.25) is 0 Å². The highest BCUT2D eigenvalue weighted by Gasteiger charge is 2.29. The fourth-order valence-electron chi connectivity index (χ4n) is 2.77. The molecule has 0 saturated heterocycles. The Balaban J connectivity index is 2.27. The smallest absolute Gasteiger partial charge is 0.172 e. The lowest BCUT2D eigenvalue weighted by atomic mass is 9.79. The number of hydrogen-bond donors (Lipinski definition) is 0. The molecule has 8 heteroatoms. The van der Waals surface area contributed by atoms with Crippen LogP contribution in [0.5, 0.6) is 0 Å². The summed E-state index contributed by atoms with van der Waals surface area (Å²) in [6.45, 7) is 7.43. The number of rotatable bonds is 5. The topological polar surface area (TPSA) is 109 Å². The first-order chi connectivity index (χ1) is 12.8. The van der Waals surface area contributed by atoms with Crippen LogP contribution in [0.25, 0.3) is 0 Å². The lowest BCUT2D eigenvalue weighted by Gasteiger charge is -2.26. The molecule has 0 unspecified atom stereocenters. The van der Waals surface area contributed by atoms with Gasteiger partial charge in [0.25, 0.3) is 0 Å². The molecule has 0 radical (unpaired) electrons. The van der Waals surface area contributed by atoms with E-state index in [1.165, 1.54) is 12.7 Å². The van der Waals surface area contributed by atoms with Crippen LogP contribution in [0, 0.1) is 22.7 Å². The van der Waals surface area contributed by atoms with Crippen LogP contribution >= 0.6 is 0 Å². The second-order valence-corrected chi connectivity index (χ2v) is 7.44. The van der Waals surface area contributed by atoms with E-state index in [0.29, 0.717) is 0 Å². The molecule has 0 atom stereocenters. The maximum absolute atomic E-state index is 9.63. The Labute approximate surface area is 157 Å². The van der Waals surface area contributed by atoms with Crippen molar-refractivity contribution in [3.8, 4) is 12.1 Å². The normalized spacial score (nSPS) is 12.0. The molecule has 0 amide bonds. The lowest BCUT2D eigenvalue weighted by molar-refractivity contribution is 0.415. The van der Waals surface area contributed by atoms with Gasteiger partial charge in [-0.15, -0.1) is 0 Å². The number of nitriles is 2. The molecule has 0 aliphatic rings. The van der Waals surface area contributed by atoms with Crippen LogP contribution in [-0.4, -0.2) is 29.5 Å². The van der Waals surface area contributed by atoms with E-state index in [1.54, 1.807) is 22.0 Å². The monoisotopic (exact) mass is 360 g/mol. The van der Waals surface area contributed by atoms with Crippen LogP contribution in [0.15, 0.2) is 43.5 Å². The minimum Gasteiger partial charge on any atom is -0.224 e. The molecule has 0 aliphatic carbocycles. The van der Waals surface area contributed by atoms with Crippen LogP contribution in [0.3, 0.4) is 0 Å². The molecule has 27 heavy (non-hydrogen) atoms. The highest BCUT2D eigenvalue weighted by Crippen LogP contribution is 2.33. The van der Waals surface area contributed by atoms with E-state index in [-0.39, 0.29) is 0 Å². The molecule has 3 rings (SSSR count). The van der Waals surface area contributed by atoms with Gasteiger partial charge in [0.05, 0.1) is 23.0 Å². The Bertz CT molecular complexity index is 923. The van der Waals surface area contributed by atoms with Gasteiger partial charge in [0.2, 0.25) is 0 Å². The number of benzene rings is 1. The summed E-state index contributed by atoms with van der Waals surface area (Å²) in [6.07, 6.45) is 5.67. The molecule has 136 valence electrons. The average molecular weight is 360 g/mol. The standard InChI is InChI=1S/C19H20N8/c1-18(2,8-20)15-5-14(6-16(7-15)19(3,4)9-21)17(26-12-22-10-24-26)27-13-23-11-25-27/h5-7,10-13,17H,1-4H3. The van der Waals surface area contributed by atoms with E-state index in [0.717, 1.165) is 16.7 Å². The highest BCUT2D eigenvalue weighted by atomic mass is 15.5. The molecule has 0 N–H and O–H groups in total. The Kier molecular flexibility index (Phi) is 4.50. The summed E-state index contributed by atoms with van der Waals surface area (Å²) >= 11 is 0. The fraction of sp³-hybridized carbons (Fsp3) is 0.368. The Morgan fingerprint density at radius 1 is 0.815 bits per heavy atom. The summed E-state index contributed by atoms with van der Waals surface area (Å²) < 4.78 is 3.33. The predicted molar refractivity (Wildman–Crippen MR) is 97.3 cm³/mol. The molecule has 0 saturated carbocycles. The fourth-order valence-corrected chi connectivity index (χ4v) is 2.77. The van der Waals surface area contributed by atoms with Crippen molar-refractivity contribution in [2.75, 3.05) is 0 Å². The van der Waals surface area contributed by atoms with Gasteiger partial charge in [0, 0.05) is 0 Å². The van der Waals surface area contributed by atoms with Gasteiger partial charge in [0.1, 0.15) is 25.3 Å². The molecule has 8 nitrogen and oxygen atoms in total. The maximum atomic E-state index is 9.63. The highest BCUT2D eigenvalue weighted by molar-refractivity contribution is 5.43. The van der Waals surface area contributed by atoms with E-state index in [4.69, 9.17) is 0 Å². The minimum absolute atomic E-state index is 0.433. The summed E-state index contributed by atoms with van der Waals surface area (Å²) in [6, 6.07) is 10.5. The van der Waals surface area contributed by atoms with Gasteiger partial charge in [0.15, 0.2) is 6.17 Å². The van der Waals surface area contributed by atoms with E-state index in [1.807, 2.05) is 45.9 Å². The van der Waals surface area contributed by atoms with Crippen LogP contribution < -0.4 is 0 Å². The van der Waals surface area contributed by atoms with Crippen molar-refractivity contribution < 1.29 is 0 Å². The van der Waals surface area contributed by atoms with E-state index < -0.39 is 17.0 Å². The zero-order valence-electron chi connectivity index (χ0n) is 15.7. The summed E-state index contributed by atoms with van der Waals surface area (Å²) in [5.41, 5.74) is 1.05. The predicted octanol–water partition coefficient (Wildman–Crippen LogP) is 2.57. The van der Waals surface area contributed by atoms with Gasteiger partial charge in [-0.1, -0.05) is 18.2 Å². The Morgan fingerprint density at radius 3 is 1.59 bits per heavy atom. The molecule has 2 aromatic heterocycles. The van der Waals surface area contributed by atoms with Gasteiger partial charge in [-0.25, -0.2) is 19.3 Å². The third-order valence-electron chi connectivity index (χ3n) is 4.63. The van der Waals surface area contributed by atoms with Crippen LogP contribution in [-0.2, 0) is 10.8 Å². The first-order valence-corrected chi connectivity index (χ1v) is 8.45. The molecule has 0 spiro atoms. The van der Waals surface area contributed by atoms with Crippen molar-refractivity contribution in [1.82, 2.24) is 29.5 Å². The van der Waals surface area contributed by atoms with Crippen molar-refractivity contribution in [2.45, 2.75) is 44.7 Å². The van der Waals surface area contributed by atoms with Crippen molar-refractivity contribution in [1.29, 1.82) is 10.5 Å². The van der Waals surface area contributed by atoms with Crippen molar-refractivity contribution in [3.63, 3.8) is 0 Å². The van der Waals surface area contributed by atoms with E-state index >= 15 is 0 Å². The van der Waals surface area contributed by atoms with Gasteiger partial charge < -0.3 is 0 Å². The SMILES string of the molecule is CC(C)(C#N)c1cc(C(n2cncn2)n2cncn2)cc(C(C)(C)C#N)c1. The number of aromatic nitrogens is 6. The van der Waals surface area contributed by atoms with E-state index in [9.17, 15) is 10.5 Å². The Morgan fingerprint density at radius 2 is 1.26 bits per heavy atom. The molecule has 3 aromatic rings. The number of nitrogens with zero attached hydrogens (tertiary/aromatic N) is 8. The average Bonchev–Trinajstić information content (AvgIpc) is 3.36. The molecule has 2 heterocycles. The number of hydrogen-bond acceptors (Lipinski definition) is 6. The molecule has 0 aliphatic heterocycles. The summed E-state index contributed by atoms with van der Waals surface area (Å²) in [7, 11) is 0. The third-order valence-corrected chi connectivity index (χ3v) is 4.63. The quantitative estimate of drug-likeness (QED) is 0.692. The Hall–Kier alpha value is -3.52. The largest absolute Gasteiger partial charge is 0.224 e. The summed E-state index contributed by atoms with van der Waals surface area (Å²) in [5.74, 6) is 0. The van der Waals surface area contributed by atoms with Gasteiger partial charge >= 0.3 is 0 Å². The maximum Gasteiger partial charge on any atom is 0.172 e. The lowest BCUT2D eigenvalue weighted by Crippen LogP contribution is -2.24. The van der Waals surface area contributed by atoms with Crippen molar-refractivity contribution in [2.24, 2.45) is 0 Å². The van der Waals surface area contributed by atoms with Crippen molar-refractivity contribution in [3.05, 3.63) is 60.2 Å². The van der Waals surface area contributed by atoms with Crippen LogP contribution in [0.1, 0.15) is 50.6 Å². The second kappa shape index (κ2) is 6.65. The molecule has 0 fully saturated rings. The van der Waals surface area contributed by atoms with Crippen LogP contribution in [0.4, 0.5) is 0 Å². The van der Waals surface area contributed by atoms with Gasteiger partial charge in [-0.2, -0.15) is 20.7 Å². The minimum atomic E-state index is -0.717. The second-order valence-electron chi connectivity index (χ2n) is 7.44. The molecule has 1 aromatic carbocycles. The zero-order chi connectivity index (χ0) is 19.7. The summed E-state index contributed by atoms with van der Waals surface area (Å²) in [4.78, 5) is 8.08. The third kappa shape index (κ3) is 3.42. The zero-order valence-corrected chi connectivity index (χ0v) is 15.7. The molecule has 0 bridgehead atoms. The first-order valence-electron chi connectivity index (χ1n) is 8.45. The summed E-state index contributed by atoms with van der Waals surface area (Å²) in [5, 5.41) is 27.8. The first kappa shape index (κ1) is 18.3.